The van der Waals surface area contributed by atoms with Crippen LogP contribution in [0.3, 0.4) is 0 Å². The predicted molar refractivity (Wildman–Crippen MR) is 82.4 cm³/mol. The van der Waals surface area contributed by atoms with Crippen LogP contribution in [0.1, 0.15) is 17.4 Å². The predicted octanol–water partition coefficient (Wildman–Crippen LogP) is 4.08. The van der Waals surface area contributed by atoms with Crippen LogP contribution < -0.4 is 10.5 Å². The normalized spacial score (nSPS) is 11.0. The SMILES string of the molecule is CCc1cc2c(Oc3cccc(C)c3F)nc(N)nc2s1. The minimum atomic E-state index is -0.395. The number of hydrogen-bond donors (Lipinski definition) is 1. The van der Waals surface area contributed by atoms with Crippen LogP contribution in [0, 0.1) is 12.7 Å². The maximum absolute atomic E-state index is 14.1. The van der Waals surface area contributed by atoms with Crippen LogP contribution in [0.4, 0.5) is 10.3 Å². The number of halogens is 1. The summed E-state index contributed by atoms with van der Waals surface area (Å²) >= 11 is 1.54. The Balaban J connectivity index is 2.11. The second-order valence-electron chi connectivity index (χ2n) is 4.66. The molecule has 108 valence electrons. The molecule has 3 aromatic rings. The molecule has 0 fully saturated rings. The van der Waals surface area contributed by atoms with Gasteiger partial charge in [-0.1, -0.05) is 19.1 Å². The van der Waals surface area contributed by atoms with Gasteiger partial charge >= 0.3 is 0 Å². The molecular weight excluding hydrogens is 289 g/mol. The van der Waals surface area contributed by atoms with Gasteiger partial charge in [0.15, 0.2) is 11.6 Å². The summed E-state index contributed by atoms with van der Waals surface area (Å²) in [5.41, 5.74) is 6.23. The molecule has 2 N–H and O–H groups in total. The molecular formula is C15H14FN3OS. The van der Waals surface area contributed by atoms with Gasteiger partial charge in [-0.15, -0.1) is 11.3 Å². The third-order valence-electron chi connectivity index (χ3n) is 3.14. The molecule has 0 bridgehead atoms. The molecule has 6 heteroatoms. The number of fused-ring (bicyclic) bond motifs is 1. The fraction of sp³-hybridized carbons (Fsp3) is 0.200. The minimum absolute atomic E-state index is 0.120. The minimum Gasteiger partial charge on any atom is -0.435 e. The average Bonchev–Trinajstić information content (AvgIpc) is 2.87. The van der Waals surface area contributed by atoms with Gasteiger partial charge in [0.05, 0.1) is 5.39 Å². The Morgan fingerprint density at radius 3 is 2.90 bits per heavy atom. The van der Waals surface area contributed by atoms with Crippen molar-refractivity contribution in [3.05, 3.63) is 40.5 Å². The lowest BCUT2D eigenvalue weighted by molar-refractivity contribution is 0.430. The van der Waals surface area contributed by atoms with E-state index in [1.807, 2.05) is 6.07 Å². The quantitative estimate of drug-likeness (QED) is 0.792. The van der Waals surface area contributed by atoms with Gasteiger partial charge < -0.3 is 10.5 Å². The number of thiophene rings is 1. The van der Waals surface area contributed by atoms with Crippen LogP contribution in [0.2, 0.25) is 0 Å². The Bertz CT molecular complexity index is 816. The van der Waals surface area contributed by atoms with Crippen molar-refractivity contribution in [3.8, 4) is 11.6 Å². The Labute approximate surface area is 125 Å². The number of benzene rings is 1. The number of aromatic nitrogens is 2. The number of nitrogens with zero attached hydrogens (tertiary/aromatic N) is 2. The molecule has 0 saturated carbocycles. The molecule has 0 aliphatic rings. The van der Waals surface area contributed by atoms with Crippen LogP contribution >= 0.6 is 11.3 Å². The summed E-state index contributed by atoms with van der Waals surface area (Å²) in [7, 11) is 0. The van der Waals surface area contributed by atoms with Gasteiger partial charge in [-0.05, 0) is 31.0 Å². The van der Waals surface area contributed by atoms with Crippen LogP contribution in [0.15, 0.2) is 24.3 Å². The summed E-state index contributed by atoms with van der Waals surface area (Å²) in [6.45, 7) is 3.74. The summed E-state index contributed by atoms with van der Waals surface area (Å²) in [4.78, 5) is 10.2. The van der Waals surface area contributed by atoms with E-state index in [4.69, 9.17) is 10.5 Å². The van der Waals surface area contributed by atoms with Crippen molar-refractivity contribution >= 4 is 27.5 Å². The van der Waals surface area contributed by atoms with E-state index < -0.39 is 5.82 Å². The van der Waals surface area contributed by atoms with E-state index in [0.717, 1.165) is 21.5 Å². The molecule has 0 aliphatic heterocycles. The van der Waals surface area contributed by atoms with Crippen LogP contribution in [0.5, 0.6) is 11.6 Å². The smallest absolute Gasteiger partial charge is 0.233 e. The largest absolute Gasteiger partial charge is 0.435 e. The zero-order chi connectivity index (χ0) is 15.0. The number of nitrogens with two attached hydrogens (primary N) is 1. The van der Waals surface area contributed by atoms with Crippen molar-refractivity contribution in [2.45, 2.75) is 20.3 Å². The number of ether oxygens (including phenoxy) is 1. The molecule has 0 atom stereocenters. The lowest BCUT2D eigenvalue weighted by Gasteiger charge is -2.08. The monoisotopic (exact) mass is 303 g/mol. The molecule has 2 heterocycles. The lowest BCUT2D eigenvalue weighted by atomic mass is 10.2. The standard InChI is InChI=1S/C15H14FN3OS/c1-3-9-7-10-13(18-15(17)19-14(10)21-9)20-11-6-4-5-8(2)12(11)16/h4-7H,3H2,1-2H3,(H2,17,18,19). The van der Waals surface area contributed by atoms with Gasteiger partial charge in [-0.2, -0.15) is 4.98 Å². The Morgan fingerprint density at radius 2 is 2.14 bits per heavy atom. The molecule has 2 aromatic heterocycles. The fourth-order valence-corrected chi connectivity index (χ4v) is 2.98. The molecule has 1 aromatic carbocycles. The van der Waals surface area contributed by atoms with Crippen molar-refractivity contribution in [1.29, 1.82) is 0 Å². The number of nitrogen functional groups attached to an aromatic ring is 1. The van der Waals surface area contributed by atoms with E-state index >= 15 is 0 Å². The maximum Gasteiger partial charge on any atom is 0.233 e. The number of rotatable bonds is 3. The molecule has 21 heavy (non-hydrogen) atoms. The van der Waals surface area contributed by atoms with Gasteiger partial charge in [0, 0.05) is 4.88 Å². The van der Waals surface area contributed by atoms with Crippen molar-refractivity contribution in [2.24, 2.45) is 0 Å². The number of anilines is 1. The summed E-state index contributed by atoms with van der Waals surface area (Å²) in [5.74, 6) is 0.153. The molecule has 3 rings (SSSR count). The first-order chi connectivity index (χ1) is 10.1. The fourth-order valence-electron chi connectivity index (χ4n) is 2.02. The maximum atomic E-state index is 14.1. The Morgan fingerprint density at radius 1 is 1.33 bits per heavy atom. The van der Waals surface area contributed by atoms with E-state index in [2.05, 4.69) is 16.9 Å². The molecule has 0 saturated heterocycles. The topological polar surface area (TPSA) is 61.0 Å². The highest BCUT2D eigenvalue weighted by atomic mass is 32.1. The zero-order valence-electron chi connectivity index (χ0n) is 11.7. The van der Waals surface area contributed by atoms with Crippen molar-refractivity contribution in [1.82, 2.24) is 9.97 Å². The van der Waals surface area contributed by atoms with E-state index in [-0.39, 0.29) is 17.6 Å². The van der Waals surface area contributed by atoms with Crippen LogP contribution in [-0.4, -0.2) is 9.97 Å². The van der Waals surface area contributed by atoms with E-state index in [1.54, 1.807) is 25.1 Å². The Hall–Kier alpha value is -2.21. The molecule has 0 amide bonds. The average molecular weight is 303 g/mol. The molecule has 4 nitrogen and oxygen atoms in total. The molecule has 0 aliphatic carbocycles. The first kappa shape index (κ1) is 13.8. The van der Waals surface area contributed by atoms with E-state index in [9.17, 15) is 4.39 Å². The van der Waals surface area contributed by atoms with Crippen LogP contribution in [-0.2, 0) is 6.42 Å². The van der Waals surface area contributed by atoms with Gasteiger partial charge in [-0.25, -0.2) is 9.37 Å². The summed E-state index contributed by atoms with van der Waals surface area (Å²) < 4.78 is 19.7. The van der Waals surface area contributed by atoms with Crippen molar-refractivity contribution in [2.75, 3.05) is 5.73 Å². The first-order valence-corrected chi connectivity index (χ1v) is 7.39. The highest BCUT2D eigenvalue weighted by molar-refractivity contribution is 7.18. The number of aryl methyl sites for hydroxylation is 2. The van der Waals surface area contributed by atoms with Gasteiger partial charge in [0.2, 0.25) is 11.8 Å². The Kier molecular flexibility index (Phi) is 3.47. The molecule has 0 spiro atoms. The van der Waals surface area contributed by atoms with Crippen molar-refractivity contribution < 1.29 is 9.13 Å². The molecule has 0 radical (unpaired) electrons. The summed E-state index contributed by atoms with van der Waals surface area (Å²) in [5, 5.41) is 0.756. The van der Waals surface area contributed by atoms with Gasteiger partial charge in [0.1, 0.15) is 4.83 Å². The third kappa shape index (κ3) is 2.54. The van der Waals surface area contributed by atoms with E-state index in [0.29, 0.717) is 5.56 Å². The second-order valence-corrected chi connectivity index (χ2v) is 5.78. The second kappa shape index (κ2) is 5.29. The highest BCUT2D eigenvalue weighted by Crippen LogP contribution is 2.34. The zero-order valence-corrected chi connectivity index (χ0v) is 12.5. The molecule has 0 unspecified atom stereocenters. The van der Waals surface area contributed by atoms with Crippen LogP contribution in [0.25, 0.3) is 10.2 Å². The number of hydrogen-bond acceptors (Lipinski definition) is 5. The first-order valence-electron chi connectivity index (χ1n) is 6.57. The third-order valence-corrected chi connectivity index (χ3v) is 4.31. The van der Waals surface area contributed by atoms with Crippen molar-refractivity contribution in [3.63, 3.8) is 0 Å². The van der Waals surface area contributed by atoms with Gasteiger partial charge in [-0.3, -0.25) is 0 Å². The highest BCUT2D eigenvalue weighted by Gasteiger charge is 2.14. The van der Waals surface area contributed by atoms with E-state index in [1.165, 1.54) is 11.3 Å². The summed E-state index contributed by atoms with van der Waals surface area (Å²) in [6, 6.07) is 6.95. The summed E-state index contributed by atoms with van der Waals surface area (Å²) in [6.07, 6.45) is 0.888. The van der Waals surface area contributed by atoms with Gasteiger partial charge in [0.25, 0.3) is 0 Å². The lowest BCUT2D eigenvalue weighted by Crippen LogP contribution is -1.98.